The maximum absolute atomic E-state index is 6.19. The Labute approximate surface area is 96.9 Å². The number of aryl methyl sites for hydroxylation is 1. The summed E-state index contributed by atoms with van der Waals surface area (Å²) < 4.78 is 0. The molecule has 0 aromatic carbocycles. The number of fused-ring (bicyclic) bond motifs is 1. The van der Waals surface area contributed by atoms with Crippen LogP contribution in [0.4, 0.5) is 0 Å². The third kappa shape index (κ3) is 2.17. The van der Waals surface area contributed by atoms with E-state index in [0.29, 0.717) is 11.1 Å². The van der Waals surface area contributed by atoms with Crippen molar-refractivity contribution in [3.05, 3.63) is 28.0 Å². The van der Waals surface area contributed by atoms with E-state index in [0.717, 1.165) is 12.3 Å². The third-order valence-electron chi connectivity index (χ3n) is 3.24. The summed E-state index contributed by atoms with van der Waals surface area (Å²) in [5.41, 5.74) is 3.84. The quantitative estimate of drug-likeness (QED) is 0.657. The number of rotatable bonds is 1. The van der Waals surface area contributed by atoms with Gasteiger partial charge in [-0.15, -0.1) is 0 Å². The van der Waals surface area contributed by atoms with Gasteiger partial charge in [0, 0.05) is 5.69 Å². The highest BCUT2D eigenvalue weighted by atomic mass is 35.5. The van der Waals surface area contributed by atoms with Crippen molar-refractivity contribution in [2.24, 2.45) is 5.92 Å². The van der Waals surface area contributed by atoms with Gasteiger partial charge < -0.3 is 0 Å². The molecule has 15 heavy (non-hydrogen) atoms. The summed E-state index contributed by atoms with van der Waals surface area (Å²) in [6.45, 7) is 6.62. The van der Waals surface area contributed by atoms with Crippen LogP contribution in [0.3, 0.4) is 0 Å². The molecule has 1 aliphatic rings. The van der Waals surface area contributed by atoms with Gasteiger partial charge >= 0.3 is 0 Å². The summed E-state index contributed by atoms with van der Waals surface area (Å²) in [4.78, 5) is 4.55. The lowest BCUT2D eigenvalue weighted by molar-refractivity contribution is 0.491. The van der Waals surface area contributed by atoms with E-state index < -0.39 is 0 Å². The second-order valence-electron chi connectivity index (χ2n) is 4.98. The van der Waals surface area contributed by atoms with Crippen LogP contribution < -0.4 is 0 Å². The highest BCUT2D eigenvalue weighted by molar-refractivity contribution is 6.30. The van der Waals surface area contributed by atoms with Crippen LogP contribution in [0.1, 0.15) is 49.9 Å². The normalized spacial score (nSPS) is 20.5. The van der Waals surface area contributed by atoms with Gasteiger partial charge in [0.1, 0.15) is 5.15 Å². The Morgan fingerprint density at radius 3 is 2.87 bits per heavy atom. The van der Waals surface area contributed by atoms with Gasteiger partial charge in [-0.3, -0.25) is 0 Å². The summed E-state index contributed by atoms with van der Waals surface area (Å²) in [5.74, 6) is 1.22. The smallest absolute Gasteiger partial charge is 0.132 e. The summed E-state index contributed by atoms with van der Waals surface area (Å²) in [5, 5.41) is 0.706. The first-order valence-corrected chi connectivity index (χ1v) is 6.14. The number of pyridine rings is 1. The molecule has 1 aromatic heterocycles. The molecule has 2 heteroatoms. The lowest BCUT2D eigenvalue weighted by Gasteiger charge is -2.22. The first-order chi connectivity index (χ1) is 7.08. The van der Waals surface area contributed by atoms with Crippen LogP contribution in [0, 0.1) is 5.92 Å². The number of halogens is 1. The van der Waals surface area contributed by atoms with Gasteiger partial charge in [0.05, 0.1) is 0 Å². The summed E-state index contributed by atoms with van der Waals surface area (Å²) in [6.07, 6.45) is 3.54. The number of hydrogen-bond donors (Lipinski definition) is 0. The van der Waals surface area contributed by atoms with Crippen molar-refractivity contribution in [1.82, 2.24) is 4.98 Å². The van der Waals surface area contributed by atoms with Crippen molar-refractivity contribution in [2.75, 3.05) is 0 Å². The molecule has 0 amide bonds. The van der Waals surface area contributed by atoms with Gasteiger partial charge in [0.25, 0.3) is 0 Å². The van der Waals surface area contributed by atoms with Crippen LogP contribution in [0.15, 0.2) is 6.07 Å². The van der Waals surface area contributed by atoms with Crippen LogP contribution >= 0.6 is 11.6 Å². The van der Waals surface area contributed by atoms with Gasteiger partial charge in [-0.25, -0.2) is 4.98 Å². The molecular weight excluding hydrogens is 206 g/mol. The maximum atomic E-state index is 6.19. The molecule has 0 fully saturated rings. The predicted molar refractivity (Wildman–Crippen MR) is 64.5 cm³/mol. The Bertz CT molecular complexity index is 371. The van der Waals surface area contributed by atoms with Crippen LogP contribution in [0.25, 0.3) is 0 Å². The van der Waals surface area contributed by atoms with Gasteiger partial charge in [-0.1, -0.05) is 38.4 Å². The molecule has 0 bridgehead atoms. The van der Waals surface area contributed by atoms with E-state index in [-0.39, 0.29) is 0 Å². The lowest BCUT2D eigenvalue weighted by atomic mass is 9.87. The Kier molecular flexibility index (Phi) is 3.01. The van der Waals surface area contributed by atoms with E-state index in [1.807, 2.05) is 0 Å². The Hall–Kier alpha value is -0.560. The predicted octanol–water partition coefficient (Wildman–Crippen LogP) is 3.98. The molecule has 1 unspecified atom stereocenters. The van der Waals surface area contributed by atoms with Crippen molar-refractivity contribution < 1.29 is 0 Å². The van der Waals surface area contributed by atoms with E-state index in [4.69, 9.17) is 11.6 Å². The summed E-state index contributed by atoms with van der Waals surface area (Å²) in [6, 6.07) is 2.27. The molecule has 0 saturated carbocycles. The van der Waals surface area contributed by atoms with E-state index in [9.17, 15) is 0 Å². The zero-order chi connectivity index (χ0) is 11.0. The average Bonchev–Trinajstić information content (AvgIpc) is 2.15. The zero-order valence-electron chi connectivity index (χ0n) is 9.68. The van der Waals surface area contributed by atoms with Gasteiger partial charge in [0.2, 0.25) is 0 Å². The van der Waals surface area contributed by atoms with Crippen LogP contribution in [0.5, 0.6) is 0 Å². The monoisotopic (exact) mass is 223 g/mol. The maximum Gasteiger partial charge on any atom is 0.132 e. The minimum absolute atomic E-state index is 0.467. The van der Waals surface area contributed by atoms with Gasteiger partial charge in [-0.2, -0.15) is 0 Å². The molecule has 1 nitrogen and oxygen atoms in total. The van der Waals surface area contributed by atoms with Crippen molar-refractivity contribution in [3.8, 4) is 0 Å². The molecule has 2 rings (SSSR count). The Morgan fingerprint density at radius 1 is 1.47 bits per heavy atom. The molecule has 0 aliphatic heterocycles. The summed E-state index contributed by atoms with van der Waals surface area (Å²) in [7, 11) is 0. The zero-order valence-corrected chi connectivity index (χ0v) is 10.4. The highest BCUT2D eigenvalue weighted by Gasteiger charge is 2.19. The van der Waals surface area contributed by atoms with Crippen LogP contribution in [-0.2, 0) is 12.8 Å². The molecule has 1 aromatic rings. The van der Waals surface area contributed by atoms with Gasteiger partial charge in [0.15, 0.2) is 0 Å². The first-order valence-electron chi connectivity index (χ1n) is 5.76. The standard InChI is InChI=1S/C13H18ClN/c1-8(2)11-7-10-5-4-9(3)6-12(10)15-13(11)14/h7-9H,4-6H2,1-3H3. The van der Waals surface area contributed by atoms with Gasteiger partial charge in [-0.05, 0) is 42.2 Å². The Balaban J connectivity index is 2.42. The SMILES string of the molecule is CC1CCc2cc(C(C)C)c(Cl)nc2C1. The molecular formula is C13H18ClN. The topological polar surface area (TPSA) is 12.9 Å². The minimum atomic E-state index is 0.467. The Morgan fingerprint density at radius 2 is 2.20 bits per heavy atom. The number of nitrogens with zero attached hydrogens (tertiary/aromatic N) is 1. The number of hydrogen-bond acceptors (Lipinski definition) is 1. The molecule has 0 N–H and O–H groups in total. The van der Waals surface area contributed by atoms with E-state index in [1.54, 1.807) is 0 Å². The van der Waals surface area contributed by atoms with Crippen molar-refractivity contribution >= 4 is 11.6 Å². The van der Waals surface area contributed by atoms with Crippen molar-refractivity contribution in [3.63, 3.8) is 0 Å². The third-order valence-corrected chi connectivity index (χ3v) is 3.54. The van der Waals surface area contributed by atoms with E-state index in [2.05, 4.69) is 31.8 Å². The van der Waals surface area contributed by atoms with Crippen LogP contribution in [-0.4, -0.2) is 4.98 Å². The van der Waals surface area contributed by atoms with Crippen LogP contribution in [0.2, 0.25) is 5.15 Å². The molecule has 1 atom stereocenters. The number of aromatic nitrogens is 1. The van der Waals surface area contributed by atoms with E-state index >= 15 is 0 Å². The molecule has 0 saturated heterocycles. The molecule has 0 spiro atoms. The lowest BCUT2D eigenvalue weighted by Crippen LogP contribution is -2.14. The molecule has 82 valence electrons. The fraction of sp³-hybridized carbons (Fsp3) is 0.615. The fourth-order valence-electron chi connectivity index (χ4n) is 2.22. The molecule has 1 heterocycles. The van der Waals surface area contributed by atoms with Crippen molar-refractivity contribution in [2.45, 2.75) is 46.0 Å². The average molecular weight is 224 g/mol. The fourth-order valence-corrected chi connectivity index (χ4v) is 2.59. The van der Waals surface area contributed by atoms with E-state index in [1.165, 1.54) is 29.7 Å². The molecule has 0 radical (unpaired) electrons. The summed E-state index contributed by atoms with van der Waals surface area (Å²) >= 11 is 6.19. The largest absolute Gasteiger partial charge is 0.241 e. The first kappa shape index (κ1) is 10.9. The second-order valence-corrected chi connectivity index (χ2v) is 5.33. The minimum Gasteiger partial charge on any atom is -0.241 e. The molecule has 1 aliphatic carbocycles. The second kappa shape index (κ2) is 4.13. The van der Waals surface area contributed by atoms with Crippen molar-refractivity contribution in [1.29, 1.82) is 0 Å². The highest BCUT2D eigenvalue weighted by Crippen LogP contribution is 2.30.